The van der Waals surface area contributed by atoms with E-state index in [2.05, 4.69) is 45.0 Å². The van der Waals surface area contributed by atoms with Crippen LogP contribution < -0.4 is 0 Å². The summed E-state index contributed by atoms with van der Waals surface area (Å²) in [6.45, 7) is 6.57. The van der Waals surface area contributed by atoms with Gasteiger partial charge in [-0.1, -0.05) is 45.0 Å². The molecule has 0 bridgehead atoms. The Kier molecular flexibility index (Phi) is 6.05. The molecule has 0 amide bonds. The molecule has 2 nitrogen and oxygen atoms in total. The molecule has 19 heavy (non-hydrogen) atoms. The lowest BCUT2D eigenvalue weighted by molar-refractivity contribution is 0.545. The first kappa shape index (κ1) is 16.2. The van der Waals surface area contributed by atoms with Gasteiger partial charge in [-0.05, 0) is 42.2 Å². The van der Waals surface area contributed by atoms with Gasteiger partial charge in [-0.3, -0.25) is 0 Å². The van der Waals surface area contributed by atoms with Gasteiger partial charge in [0.25, 0.3) is 0 Å². The molecular formula is C16H26O2S. The molecule has 0 fully saturated rings. The topological polar surface area (TPSA) is 34.1 Å². The Balaban J connectivity index is 2.56. The molecule has 1 unspecified atom stereocenters. The predicted octanol–water partition coefficient (Wildman–Crippen LogP) is 3.50. The largest absolute Gasteiger partial charge is 0.229 e. The average molecular weight is 282 g/mol. The van der Waals surface area contributed by atoms with E-state index in [0.29, 0.717) is 17.6 Å². The van der Waals surface area contributed by atoms with Gasteiger partial charge in [0.15, 0.2) is 0 Å². The highest BCUT2D eigenvalue weighted by molar-refractivity contribution is 7.90. The van der Waals surface area contributed by atoms with Gasteiger partial charge in [0.05, 0.1) is 5.75 Å². The summed E-state index contributed by atoms with van der Waals surface area (Å²) < 4.78 is 22.3. The maximum absolute atomic E-state index is 11.2. The molecule has 0 aliphatic rings. The van der Waals surface area contributed by atoms with Crippen molar-refractivity contribution in [1.29, 1.82) is 0 Å². The third kappa shape index (κ3) is 7.36. The predicted molar refractivity (Wildman–Crippen MR) is 82.2 cm³/mol. The molecular weight excluding hydrogens is 256 g/mol. The highest BCUT2D eigenvalue weighted by Crippen LogP contribution is 2.16. The molecule has 1 aromatic rings. The molecule has 0 heterocycles. The molecule has 3 heteroatoms. The van der Waals surface area contributed by atoms with E-state index in [1.54, 1.807) is 0 Å². The molecule has 1 aromatic carbocycles. The van der Waals surface area contributed by atoms with Crippen molar-refractivity contribution >= 4 is 9.84 Å². The van der Waals surface area contributed by atoms with Crippen LogP contribution in [0, 0.1) is 11.8 Å². The van der Waals surface area contributed by atoms with Crippen LogP contribution in [0.15, 0.2) is 24.3 Å². The second-order valence-corrected chi connectivity index (χ2v) is 8.41. The van der Waals surface area contributed by atoms with E-state index in [-0.39, 0.29) is 0 Å². The fourth-order valence-corrected chi connectivity index (χ4v) is 3.11. The molecule has 0 spiro atoms. The van der Waals surface area contributed by atoms with Crippen molar-refractivity contribution in [3.8, 4) is 0 Å². The standard InChI is InChI=1S/C16H26O2S/c1-13(2)10-15-6-5-7-16(12-15)11-14(3)8-9-19(4,17)18/h5-7,12-14H,8-11H2,1-4H3. The minimum Gasteiger partial charge on any atom is -0.229 e. The second-order valence-electron chi connectivity index (χ2n) is 6.15. The van der Waals surface area contributed by atoms with E-state index in [0.717, 1.165) is 19.3 Å². The lowest BCUT2D eigenvalue weighted by Gasteiger charge is -2.12. The minimum absolute atomic E-state index is 0.292. The molecule has 0 radical (unpaired) electrons. The zero-order valence-electron chi connectivity index (χ0n) is 12.5. The van der Waals surface area contributed by atoms with Crippen molar-refractivity contribution < 1.29 is 8.42 Å². The van der Waals surface area contributed by atoms with Crippen LogP contribution in [0.4, 0.5) is 0 Å². The minimum atomic E-state index is -2.84. The number of sulfone groups is 1. The molecule has 0 aliphatic heterocycles. The molecule has 0 aliphatic carbocycles. The molecule has 0 saturated heterocycles. The van der Waals surface area contributed by atoms with Crippen molar-refractivity contribution in [2.45, 2.75) is 40.0 Å². The lowest BCUT2D eigenvalue weighted by atomic mass is 9.95. The first-order chi connectivity index (χ1) is 8.76. The summed E-state index contributed by atoms with van der Waals surface area (Å²) in [6.07, 6.45) is 4.11. The molecule has 108 valence electrons. The third-order valence-corrected chi connectivity index (χ3v) is 4.18. The summed E-state index contributed by atoms with van der Waals surface area (Å²) in [5.74, 6) is 1.36. The van der Waals surface area contributed by atoms with Crippen LogP contribution in [-0.4, -0.2) is 20.4 Å². The normalized spacial score (nSPS) is 13.7. The van der Waals surface area contributed by atoms with Gasteiger partial charge >= 0.3 is 0 Å². The fraction of sp³-hybridized carbons (Fsp3) is 0.625. The van der Waals surface area contributed by atoms with Crippen LogP contribution in [0.1, 0.15) is 38.3 Å². The molecule has 1 atom stereocenters. The quantitative estimate of drug-likeness (QED) is 0.767. The number of hydrogen-bond acceptors (Lipinski definition) is 2. The Morgan fingerprint density at radius 1 is 1.05 bits per heavy atom. The Morgan fingerprint density at radius 2 is 1.63 bits per heavy atom. The maximum Gasteiger partial charge on any atom is 0.147 e. The monoisotopic (exact) mass is 282 g/mol. The summed E-state index contributed by atoms with van der Waals surface area (Å²) in [4.78, 5) is 0. The third-order valence-electron chi connectivity index (χ3n) is 3.20. The van der Waals surface area contributed by atoms with E-state index in [1.165, 1.54) is 17.4 Å². The van der Waals surface area contributed by atoms with Crippen molar-refractivity contribution in [1.82, 2.24) is 0 Å². The van der Waals surface area contributed by atoms with Gasteiger partial charge in [0.1, 0.15) is 9.84 Å². The van der Waals surface area contributed by atoms with Crippen molar-refractivity contribution in [2.75, 3.05) is 12.0 Å². The number of benzene rings is 1. The van der Waals surface area contributed by atoms with E-state index in [1.807, 2.05) is 0 Å². The summed E-state index contributed by atoms with van der Waals surface area (Å²) in [7, 11) is -2.84. The number of rotatable bonds is 7. The van der Waals surface area contributed by atoms with Gasteiger partial charge in [0.2, 0.25) is 0 Å². The summed E-state index contributed by atoms with van der Waals surface area (Å²) in [6, 6.07) is 8.68. The zero-order chi connectivity index (χ0) is 14.5. The highest BCUT2D eigenvalue weighted by Gasteiger charge is 2.09. The van der Waals surface area contributed by atoms with Gasteiger partial charge < -0.3 is 0 Å². The average Bonchev–Trinajstić information content (AvgIpc) is 2.25. The molecule has 1 rings (SSSR count). The van der Waals surface area contributed by atoms with Crippen molar-refractivity contribution in [2.24, 2.45) is 11.8 Å². The Labute approximate surface area is 118 Å². The lowest BCUT2D eigenvalue weighted by Crippen LogP contribution is -2.09. The molecule has 0 N–H and O–H groups in total. The van der Waals surface area contributed by atoms with Crippen LogP contribution in [-0.2, 0) is 22.7 Å². The van der Waals surface area contributed by atoms with Gasteiger partial charge in [-0.15, -0.1) is 0 Å². The first-order valence-electron chi connectivity index (χ1n) is 7.02. The number of hydrogen-bond donors (Lipinski definition) is 0. The van der Waals surface area contributed by atoms with Gasteiger partial charge in [0, 0.05) is 6.26 Å². The van der Waals surface area contributed by atoms with Gasteiger partial charge in [-0.2, -0.15) is 0 Å². The van der Waals surface area contributed by atoms with Gasteiger partial charge in [-0.25, -0.2) is 8.42 Å². The smallest absolute Gasteiger partial charge is 0.147 e. The van der Waals surface area contributed by atoms with Crippen LogP contribution in [0.5, 0.6) is 0 Å². The summed E-state index contributed by atoms with van der Waals surface area (Å²) in [5.41, 5.74) is 2.70. The Morgan fingerprint density at radius 3 is 2.16 bits per heavy atom. The van der Waals surface area contributed by atoms with E-state index < -0.39 is 9.84 Å². The fourth-order valence-electron chi connectivity index (χ4n) is 2.27. The zero-order valence-corrected chi connectivity index (χ0v) is 13.3. The van der Waals surface area contributed by atoms with Crippen molar-refractivity contribution in [3.05, 3.63) is 35.4 Å². The van der Waals surface area contributed by atoms with E-state index >= 15 is 0 Å². The van der Waals surface area contributed by atoms with Crippen molar-refractivity contribution in [3.63, 3.8) is 0 Å². The van der Waals surface area contributed by atoms with Crippen LogP contribution in [0.25, 0.3) is 0 Å². The van der Waals surface area contributed by atoms with Crippen LogP contribution in [0.3, 0.4) is 0 Å². The summed E-state index contributed by atoms with van der Waals surface area (Å²) >= 11 is 0. The Bertz CT molecular complexity index is 489. The Hall–Kier alpha value is -0.830. The van der Waals surface area contributed by atoms with Crippen LogP contribution >= 0.6 is 0 Å². The highest BCUT2D eigenvalue weighted by atomic mass is 32.2. The van der Waals surface area contributed by atoms with E-state index in [4.69, 9.17) is 0 Å². The SMILES string of the molecule is CC(C)Cc1cccc(CC(C)CCS(C)(=O)=O)c1. The second kappa shape index (κ2) is 7.09. The van der Waals surface area contributed by atoms with E-state index in [9.17, 15) is 8.42 Å². The maximum atomic E-state index is 11.2. The first-order valence-corrected chi connectivity index (χ1v) is 9.08. The molecule has 0 aromatic heterocycles. The van der Waals surface area contributed by atoms with Crippen LogP contribution in [0.2, 0.25) is 0 Å². The summed E-state index contributed by atoms with van der Waals surface area (Å²) in [5, 5.41) is 0. The molecule has 0 saturated carbocycles.